The Morgan fingerprint density at radius 1 is 1.12 bits per heavy atom. The molecule has 0 saturated carbocycles. The van der Waals surface area contributed by atoms with Crippen molar-refractivity contribution in [2.75, 3.05) is 13.1 Å². The number of fused-ring (bicyclic) bond motifs is 1. The second-order valence-electron chi connectivity index (χ2n) is 11.2. The summed E-state index contributed by atoms with van der Waals surface area (Å²) in [4.78, 5) is 41.5. The third-order valence-corrected chi connectivity index (χ3v) is 8.08. The number of carbonyl (C=O) groups excluding carboxylic acids is 3. The fourth-order valence-corrected chi connectivity index (χ4v) is 6.08. The van der Waals surface area contributed by atoms with E-state index in [1.807, 2.05) is 0 Å². The van der Waals surface area contributed by atoms with Crippen LogP contribution in [0.15, 0.2) is 47.5 Å². The zero-order valence-corrected chi connectivity index (χ0v) is 24.6. The van der Waals surface area contributed by atoms with Crippen LogP contribution in [0, 0.1) is 0 Å². The van der Waals surface area contributed by atoms with Gasteiger partial charge in [-0.3, -0.25) is 19.2 Å². The molecule has 2 fully saturated rings. The molecule has 0 unspecified atom stereocenters. The Balaban J connectivity index is 1.29. The van der Waals surface area contributed by atoms with Crippen molar-refractivity contribution in [3.05, 3.63) is 69.2 Å². The van der Waals surface area contributed by atoms with E-state index in [4.69, 9.17) is 16.3 Å². The fraction of sp³-hybridized carbons (Fsp3) is 0.379. The van der Waals surface area contributed by atoms with Crippen molar-refractivity contribution in [1.82, 2.24) is 19.6 Å². The number of thioether (sulfide) groups is 1. The monoisotopic (exact) mass is 620 g/mol. The minimum Gasteiger partial charge on any atom is -0.444 e. The number of aromatic nitrogens is 2. The Bertz CT molecular complexity index is 1590. The van der Waals surface area contributed by atoms with Crippen LogP contribution >= 0.6 is 23.4 Å². The molecule has 2 aliphatic heterocycles. The van der Waals surface area contributed by atoms with Gasteiger partial charge in [0, 0.05) is 29.5 Å². The van der Waals surface area contributed by atoms with Gasteiger partial charge in [0.2, 0.25) is 0 Å². The lowest BCUT2D eigenvalue weighted by atomic mass is 10.0. The van der Waals surface area contributed by atoms with Crippen LogP contribution in [0.1, 0.15) is 50.3 Å². The summed E-state index contributed by atoms with van der Waals surface area (Å²) < 4.78 is 47.5. The molecule has 0 radical (unpaired) electrons. The van der Waals surface area contributed by atoms with E-state index in [-0.39, 0.29) is 39.2 Å². The second-order valence-corrected chi connectivity index (χ2v) is 12.6. The van der Waals surface area contributed by atoms with Gasteiger partial charge in [-0.1, -0.05) is 23.7 Å². The van der Waals surface area contributed by atoms with Crippen LogP contribution in [0.5, 0.6) is 0 Å². The summed E-state index contributed by atoms with van der Waals surface area (Å²) in [5, 5.41) is 4.57. The summed E-state index contributed by atoms with van der Waals surface area (Å²) in [5.41, 5.74) is -0.136. The van der Waals surface area contributed by atoms with Crippen LogP contribution in [-0.2, 0) is 22.3 Å². The molecular weight excluding hydrogens is 593 g/mol. The summed E-state index contributed by atoms with van der Waals surface area (Å²) >= 11 is 6.66. The van der Waals surface area contributed by atoms with Gasteiger partial charge in [-0.2, -0.15) is 18.3 Å². The quantitative estimate of drug-likeness (QED) is 0.287. The van der Waals surface area contributed by atoms with Gasteiger partial charge in [0.05, 0.1) is 28.7 Å². The van der Waals surface area contributed by atoms with E-state index < -0.39 is 23.4 Å². The standard InChI is InChI=1S/C29H28ClF3N4O4S/c1-28(2,3)41-26(39)35-10-8-21(9-11-35)37-25(38)24(42-27(37)40)13-17-4-7-23-19(12-17)15-34-36(23)16-18-5-6-20(30)14-22(18)29(31,32)33/h4-7,12-15,21H,8-11,16H2,1-3H3. The zero-order valence-electron chi connectivity index (χ0n) is 23.1. The molecule has 0 spiro atoms. The lowest BCUT2D eigenvalue weighted by molar-refractivity contribution is -0.138. The molecule has 5 rings (SSSR count). The average Bonchev–Trinajstić information content (AvgIpc) is 3.42. The van der Waals surface area contributed by atoms with Crippen molar-refractivity contribution in [3.8, 4) is 0 Å². The third kappa shape index (κ3) is 6.44. The number of amides is 3. The Morgan fingerprint density at radius 3 is 2.50 bits per heavy atom. The molecule has 0 aliphatic carbocycles. The van der Waals surface area contributed by atoms with E-state index in [0.717, 1.165) is 17.8 Å². The van der Waals surface area contributed by atoms with Crippen LogP contribution in [0.2, 0.25) is 5.02 Å². The minimum atomic E-state index is -4.56. The predicted octanol–water partition coefficient (Wildman–Crippen LogP) is 7.19. The summed E-state index contributed by atoms with van der Waals surface area (Å²) in [6, 6.07) is 8.53. The first-order chi connectivity index (χ1) is 19.7. The SMILES string of the molecule is CC(C)(C)OC(=O)N1CCC(N2C(=O)SC(=Cc3ccc4c(cnn4Cc4ccc(Cl)cc4C(F)(F)F)c3)C2=O)CC1. The number of imide groups is 1. The van der Waals surface area contributed by atoms with Gasteiger partial charge in [0.1, 0.15) is 5.60 Å². The van der Waals surface area contributed by atoms with E-state index in [1.54, 1.807) is 56.1 Å². The molecule has 42 heavy (non-hydrogen) atoms. The first kappa shape index (κ1) is 30.0. The van der Waals surface area contributed by atoms with Crippen molar-refractivity contribution < 1.29 is 32.3 Å². The maximum absolute atomic E-state index is 13.6. The van der Waals surface area contributed by atoms with E-state index in [0.29, 0.717) is 42.4 Å². The third-order valence-electron chi connectivity index (χ3n) is 6.97. The molecule has 2 saturated heterocycles. The molecule has 2 aliphatic rings. The molecule has 3 heterocycles. The molecule has 8 nitrogen and oxygen atoms in total. The highest BCUT2D eigenvalue weighted by atomic mass is 35.5. The number of carbonyl (C=O) groups is 3. The minimum absolute atomic E-state index is 0.00304. The van der Waals surface area contributed by atoms with Gasteiger partial charge in [0.25, 0.3) is 11.1 Å². The highest BCUT2D eigenvalue weighted by molar-refractivity contribution is 8.18. The van der Waals surface area contributed by atoms with Gasteiger partial charge in [-0.05, 0) is 86.8 Å². The smallest absolute Gasteiger partial charge is 0.416 e. The predicted molar refractivity (Wildman–Crippen MR) is 154 cm³/mol. The number of rotatable bonds is 4. The highest BCUT2D eigenvalue weighted by Crippen LogP contribution is 2.37. The number of benzene rings is 2. The number of nitrogens with zero attached hydrogens (tertiary/aromatic N) is 4. The molecule has 222 valence electrons. The van der Waals surface area contributed by atoms with E-state index in [1.165, 1.54) is 21.7 Å². The van der Waals surface area contributed by atoms with Crippen molar-refractivity contribution in [1.29, 1.82) is 0 Å². The van der Waals surface area contributed by atoms with Crippen molar-refractivity contribution in [3.63, 3.8) is 0 Å². The number of piperidine rings is 1. The van der Waals surface area contributed by atoms with Crippen LogP contribution in [0.4, 0.5) is 22.8 Å². The molecule has 13 heteroatoms. The van der Waals surface area contributed by atoms with Gasteiger partial charge in [-0.25, -0.2) is 4.79 Å². The molecular formula is C29H28ClF3N4O4S. The first-order valence-corrected chi connectivity index (χ1v) is 14.5. The maximum atomic E-state index is 13.6. The van der Waals surface area contributed by atoms with Crippen LogP contribution in [-0.4, -0.2) is 61.6 Å². The maximum Gasteiger partial charge on any atom is 0.416 e. The zero-order chi connectivity index (χ0) is 30.4. The molecule has 0 atom stereocenters. The molecule has 0 N–H and O–H groups in total. The largest absolute Gasteiger partial charge is 0.444 e. The van der Waals surface area contributed by atoms with Gasteiger partial charge < -0.3 is 9.64 Å². The van der Waals surface area contributed by atoms with Crippen LogP contribution in [0.25, 0.3) is 17.0 Å². The Labute approximate surface area is 249 Å². The lowest BCUT2D eigenvalue weighted by Gasteiger charge is -2.36. The second kappa shape index (κ2) is 11.3. The van der Waals surface area contributed by atoms with Gasteiger partial charge in [0.15, 0.2) is 0 Å². The highest BCUT2D eigenvalue weighted by Gasteiger charge is 2.41. The molecule has 3 amide bonds. The Hall–Kier alpha value is -3.51. The van der Waals surface area contributed by atoms with Crippen LogP contribution < -0.4 is 0 Å². The first-order valence-electron chi connectivity index (χ1n) is 13.3. The van der Waals surface area contributed by atoms with E-state index in [2.05, 4.69) is 5.10 Å². The Kier molecular flexibility index (Phi) is 8.06. The normalized spacial score (nSPS) is 18.0. The van der Waals surface area contributed by atoms with Gasteiger partial charge in [-0.15, -0.1) is 0 Å². The van der Waals surface area contributed by atoms with Crippen molar-refractivity contribution in [2.24, 2.45) is 0 Å². The van der Waals surface area contributed by atoms with Crippen LogP contribution in [0.3, 0.4) is 0 Å². The fourth-order valence-electron chi connectivity index (χ4n) is 5.01. The van der Waals surface area contributed by atoms with Crippen molar-refractivity contribution in [2.45, 2.75) is 58.0 Å². The topological polar surface area (TPSA) is 84.7 Å². The summed E-state index contributed by atoms with van der Waals surface area (Å²) in [6.45, 7) is 6.03. The van der Waals surface area contributed by atoms with Gasteiger partial charge >= 0.3 is 12.3 Å². The van der Waals surface area contributed by atoms with E-state index >= 15 is 0 Å². The number of alkyl halides is 3. The molecule has 3 aromatic rings. The molecule has 0 bridgehead atoms. The number of likely N-dealkylation sites (tertiary alicyclic amines) is 1. The number of ether oxygens (including phenoxy) is 1. The van der Waals surface area contributed by atoms with Crippen molar-refractivity contribution >= 4 is 57.6 Å². The molecule has 1 aromatic heterocycles. The molecule has 2 aromatic carbocycles. The number of halogens is 4. The van der Waals surface area contributed by atoms with E-state index in [9.17, 15) is 27.6 Å². The lowest BCUT2D eigenvalue weighted by Crippen LogP contribution is -2.49. The number of hydrogen-bond donors (Lipinski definition) is 0. The summed E-state index contributed by atoms with van der Waals surface area (Å²) in [5.74, 6) is -0.390. The Morgan fingerprint density at radius 2 is 1.83 bits per heavy atom. The summed E-state index contributed by atoms with van der Waals surface area (Å²) in [6.07, 6.45) is -0.895. The summed E-state index contributed by atoms with van der Waals surface area (Å²) in [7, 11) is 0. The average molecular weight is 621 g/mol. The number of hydrogen-bond acceptors (Lipinski definition) is 6.